The average molecular weight is 436 g/mol. The lowest BCUT2D eigenvalue weighted by Gasteiger charge is -2.28. The minimum absolute atomic E-state index is 0.0170. The van der Waals surface area contributed by atoms with E-state index in [1.54, 1.807) is 6.20 Å². The molecule has 1 aliphatic rings. The van der Waals surface area contributed by atoms with Gasteiger partial charge in [0.1, 0.15) is 6.61 Å². The van der Waals surface area contributed by atoms with Gasteiger partial charge >= 0.3 is 0 Å². The largest absolute Gasteiger partial charge is 0.375 e. The van der Waals surface area contributed by atoms with Crippen LogP contribution < -0.4 is 15.5 Å². The van der Waals surface area contributed by atoms with Crippen LogP contribution in [0.1, 0.15) is 28.9 Å². The molecule has 1 aliphatic heterocycles. The number of hydrogen-bond acceptors (Lipinski definition) is 4. The van der Waals surface area contributed by atoms with E-state index in [4.69, 9.17) is 17.0 Å². The van der Waals surface area contributed by atoms with Gasteiger partial charge in [-0.3, -0.25) is 9.78 Å². The Balaban J connectivity index is 1.71. The van der Waals surface area contributed by atoms with Crippen molar-refractivity contribution in [3.8, 4) is 0 Å². The van der Waals surface area contributed by atoms with E-state index in [0.717, 1.165) is 28.2 Å². The van der Waals surface area contributed by atoms with Gasteiger partial charge in [-0.05, 0) is 66.7 Å². The van der Waals surface area contributed by atoms with Gasteiger partial charge in [0.05, 0.1) is 17.8 Å². The van der Waals surface area contributed by atoms with Crippen molar-refractivity contribution in [1.29, 1.82) is 0 Å². The van der Waals surface area contributed by atoms with E-state index < -0.39 is 0 Å². The summed E-state index contributed by atoms with van der Waals surface area (Å²) in [6.45, 7) is 1.98. The van der Waals surface area contributed by atoms with Crippen molar-refractivity contribution in [2.45, 2.75) is 19.0 Å². The molecule has 3 heterocycles. The van der Waals surface area contributed by atoms with Gasteiger partial charge in [0.25, 0.3) is 0 Å². The van der Waals surface area contributed by atoms with E-state index in [1.807, 2.05) is 61.1 Å². The summed E-state index contributed by atoms with van der Waals surface area (Å²) in [5, 5.41) is 6.97. The number of amides is 1. The van der Waals surface area contributed by atoms with E-state index in [1.165, 1.54) is 7.11 Å². The Labute approximate surface area is 187 Å². The minimum Gasteiger partial charge on any atom is -0.375 e. The van der Waals surface area contributed by atoms with E-state index in [9.17, 15) is 4.79 Å². The lowest BCUT2D eigenvalue weighted by atomic mass is 9.98. The summed E-state index contributed by atoms with van der Waals surface area (Å²) in [5.74, 6) is -0.186. The molecule has 0 radical (unpaired) electrons. The predicted octanol–water partition coefficient (Wildman–Crippen LogP) is 3.49. The summed E-state index contributed by atoms with van der Waals surface area (Å²) < 4.78 is 6.93. The van der Waals surface area contributed by atoms with Crippen LogP contribution in [0, 0.1) is 6.92 Å². The molecule has 0 spiro atoms. The van der Waals surface area contributed by atoms with Crippen LogP contribution in [0.15, 0.2) is 61.1 Å². The maximum absolute atomic E-state index is 11.9. The van der Waals surface area contributed by atoms with Crippen LogP contribution in [0.2, 0.25) is 0 Å². The van der Waals surface area contributed by atoms with Gasteiger partial charge in [-0.25, -0.2) is 0 Å². The molecule has 4 rings (SSSR count). The van der Waals surface area contributed by atoms with Crippen molar-refractivity contribution < 1.29 is 9.53 Å². The molecule has 3 aromatic rings. The zero-order chi connectivity index (χ0) is 22.0. The van der Waals surface area contributed by atoms with Gasteiger partial charge in [-0.2, -0.15) is 0 Å². The van der Waals surface area contributed by atoms with Gasteiger partial charge in [0.15, 0.2) is 5.11 Å². The monoisotopic (exact) mass is 435 g/mol. The second-order valence-corrected chi connectivity index (χ2v) is 7.97. The summed E-state index contributed by atoms with van der Waals surface area (Å²) >= 11 is 5.76. The molecule has 2 N–H and O–H groups in total. The number of carbonyl (C=O) groups is 1. The van der Waals surface area contributed by atoms with Crippen LogP contribution in [0.5, 0.6) is 0 Å². The standard InChI is InChI=1S/C23H25N5O2S/c1-15-12-17(7-8-18(15)25-20(29)14-30-3)28-22(16-9-11-27(2)13-16)21(26-23(28)31)19-6-4-5-10-24-19/h4-13,21-22H,14H2,1-3H3,(H,25,29)(H,26,31)/t21-,22-/m0/s1. The topological polar surface area (TPSA) is 71.4 Å². The molecule has 2 atom stereocenters. The van der Waals surface area contributed by atoms with Crippen LogP contribution in [-0.4, -0.2) is 34.3 Å². The SMILES string of the molecule is COCC(=O)Nc1ccc(N2C(=S)N[C@@H](c3ccccn3)[C@@H]2c2ccn(C)c2)cc1C. The highest BCUT2D eigenvalue weighted by molar-refractivity contribution is 7.80. The van der Waals surface area contributed by atoms with Crippen LogP contribution in [0.25, 0.3) is 0 Å². The number of rotatable bonds is 6. The maximum Gasteiger partial charge on any atom is 0.250 e. The number of thiocarbonyl (C=S) groups is 1. The Hall–Kier alpha value is -3.23. The summed E-state index contributed by atoms with van der Waals surface area (Å²) in [6, 6.07) is 13.8. The highest BCUT2D eigenvalue weighted by Gasteiger charge is 2.41. The highest BCUT2D eigenvalue weighted by atomic mass is 32.1. The smallest absolute Gasteiger partial charge is 0.250 e. The van der Waals surface area contributed by atoms with Crippen LogP contribution in [0.4, 0.5) is 11.4 Å². The van der Waals surface area contributed by atoms with E-state index >= 15 is 0 Å². The van der Waals surface area contributed by atoms with Crippen molar-refractivity contribution in [3.63, 3.8) is 0 Å². The molecule has 0 bridgehead atoms. The Kier molecular flexibility index (Phi) is 6.01. The van der Waals surface area contributed by atoms with Crippen LogP contribution >= 0.6 is 12.2 Å². The third-order valence-corrected chi connectivity index (χ3v) is 5.65. The third-order valence-electron chi connectivity index (χ3n) is 5.33. The first kappa shape index (κ1) is 21.0. The Bertz CT molecular complexity index is 1100. The predicted molar refractivity (Wildman–Crippen MR) is 125 cm³/mol. The fraction of sp³-hybridized carbons (Fsp3) is 0.261. The molecule has 0 aliphatic carbocycles. The lowest BCUT2D eigenvalue weighted by molar-refractivity contribution is -0.119. The highest BCUT2D eigenvalue weighted by Crippen LogP contribution is 2.42. The number of nitrogens with one attached hydrogen (secondary N) is 2. The quantitative estimate of drug-likeness (QED) is 0.578. The third kappa shape index (κ3) is 4.30. The molecule has 0 saturated carbocycles. The van der Waals surface area contributed by atoms with Crippen molar-refractivity contribution in [3.05, 3.63) is 77.9 Å². The first-order valence-electron chi connectivity index (χ1n) is 10.00. The molecule has 8 heteroatoms. The normalized spacial score (nSPS) is 18.2. The zero-order valence-electron chi connectivity index (χ0n) is 17.7. The van der Waals surface area contributed by atoms with E-state index in [2.05, 4.69) is 32.8 Å². The maximum atomic E-state index is 11.9. The second kappa shape index (κ2) is 8.87. The van der Waals surface area contributed by atoms with Crippen molar-refractivity contribution in [2.24, 2.45) is 7.05 Å². The lowest BCUT2D eigenvalue weighted by Crippen LogP contribution is -2.29. The van der Waals surface area contributed by atoms with Crippen molar-refractivity contribution in [1.82, 2.24) is 14.9 Å². The number of aryl methyl sites for hydroxylation is 2. The average Bonchev–Trinajstić information content (AvgIpc) is 3.33. The van der Waals surface area contributed by atoms with E-state index in [-0.39, 0.29) is 24.6 Å². The number of methoxy groups -OCH3 is 1. The number of hydrogen-bond donors (Lipinski definition) is 2. The number of nitrogens with zero attached hydrogens (tertiary/aromatic N) is 3. The van der Waals surface area contributed by atoms with Gasteiger partial charge < -0.3 is 24.8 Å². The minimum atomic E-state index is -0.186. The van der Waals surface area contributed by atoms with Gasteiger partial charge in [-0.1, -0.05) is 6.07 Å². The molecule has 1 amide bonds. The summed E-state index contributed by atoms with van der Waals surface area (Å²) in [6.07, 6.45) is 5.94. The molecule has 0 unspecified atom stereocenters. The number of ether oxygens (including phenoxy) is 1. The number of benzene rings is 1. The molecule has 2 aromatic heterocycles. The number of aromatic nitrogens is 2. The zero-order valence-corrected chi connectivity index (χ0v) is 18.5. The molecule has 1 saturated heterocycles. The summed E-state index contributed by atoms with van der Waals surface area (Å²) in [7, 11) is 3.50. The fourth-order valence-electron chi connectivity index (χ4n) is 3.93. The number of pyridine rings is 1. The van der Waals surface area contributed by atoms with E-state index in [0.29, 0.717) is 5.11 Å². The fourth-order valence-corrected chi connectivity index (χ4v) is 4.27. The van der Waals surface area contributed by atoms with Crippen molar-refractivity contribution >= 4 is 34.6 Å². The van der Waals surface area contributed by atoms with Gasteiger partial charge in [-0.15, -0.1) is 0 Å². The summed E-state index contributed by atoms with van der Waals surface area (Å²) in [5.41, 5.74) is 4.72. The second-order valence-electron chi connectivity index (χ2n) is 7.59. The number of carbonyl (C=O) groups excluding carboxylic acids is 1. The first-order valence-corrected chi connectivity index (χ1v) is 10.4. The molecule has 7 nitrogen and oxygen atoms in total. The van der Waals surface area contributed by atoms with Crippen molar-refractivity contribution in [2.75, 3.05) is 23.9 Å². The Morgan fingerprint density at radius 3 is 2.77 bits per heavy atom. The molecular formula is C23H25N5O2S. The Morgan fingerprint density at radius 2 is 2.13 bits per heavy atom. The molecule has 160 valence electrons. The first-order chi connectivity index (χ1) is 15.0. The molecule has 1 fully saturated rings. The Morgan fingerprint density at radius 1 is 1.29 bits per heavy atom. The molecule has 31 heavy (non-hydrogen) atoms. The molecule has 1 aromatic carbocycles. The summed E-state index contributed by atoms with van der Waals surface area (Å²) in [4.78, 5) is 18.6. The number of anilines is 2. The molecular weight excluding hydrogens is 410 g/mol. The van der Waals surface area contributed by atoms with Crippen LogP contribution in [0.3, 0.4) is 0 Å². The van der Waals surface area contributed by atoms with Crippen LogP contribution in [-0.2, 0) is 16.6 Å². The van der Waals surface area contributed by atoms with Gasteiger partial charge in [0, 0.05) is 44.1 Å². The van der Waals surface area contributed by atoms with Gasteiger partial charge in [0.2, 0.25) is 5.91 Å².